The van der Waals surface area contributed by atoms with Crippen molar-refractivity contribution in [1.82, 2.24) is 39.9 Å². The number of rotatable bonds is 18. The van der Waals surface area contributed by atoms with Crippen LogP contribution in [0.2, 0.25) is 0 Å². The molecule has 2 unspecified atom stereocenters. The molecule has 0 fully saturated rings. The van der Waals surface area contributed by atoms with Gasteiger partial charge in [-0.05, 0) is 236 Å². The number of fused-ring (bicyclic) bond motifs is 16. The Labute approximate surface area is 687 Å². The number of aromatic amines is 4. The maximum Gasteiger partial charge on any atom is 1.00 e. The molecule has 10 heterocycles. The third kappa shape index (κ3) is 15.7. The summed E-state index contributed by atoms with van der Waals surface area (Å²) in [6.45, 7) is 28.1. The number of H-pyrrole nitrogens is 4. The third-order valence-corrected chi connectivity index (χ3v) is 17.2. The Morgan fingerprint density at radius 1 is 0.393 bits per heavy atom. The fraction of sp³-hybridized carbons (Fsp3) is 0.294. The van der Waals surface area contributed by atoms with Crippen molar-refractivity contribution < 1.29 is 250 Å². The number of allylic oxidation sites excluding steroid dienone is 8. The molecule has 2 atom stereocenters. The predicted octanol–water partition coefficient (Wildman–Crippen LogP) is -1.84. The maximum absolute atomic E-state index is 11.9. The second-order valence-electron chi connectivity index (χ2n) is 22.4. The zero-order chi connectivity index (χ0) is 61.0. The van der Waals surface area contributed by atoms with E-state index >= 15 is 0 Å². The zero-order valence-corrected chi connectivity index (χ0v) is 66.0. The third-order valence-electron chi connectivity index (χ3n) is 17.2. The van der Waals surface area contributed by atoms with Gasteiger partial charge in [-0.25, -0.2) is 19.9 Å². The number of aromatic nitrogens is 8. The fourth-order valence-electron chi connectivity index (χ4n) is 12.5. The number of aryl methyl sites for hydroxylation is 4. The van der Waals surface area contributed by atoms with Gasteiger partial charge in [-0.15, -0.1) is 0 Å². The molecule has 0 amide bonds. The van der Waals surface area contributed by atoms with E-state index in [1.165, 1.54) is 0 Å². The molecule has 4 aliphatic rings. The normalized spacial score (nSPS) is 13.5. The molecule has 6 aromatic rings. The number of carboxylic acid groups (broad SMARTS) is 4. The Morgan fingerprint density at radius 2 is 0.640 bits per heavy atom. The van der Waals surface area contributed by atoms with Crippen molar-refractivity contribution in [3.8, 4) is 0 Å². The summed E-state index contributed by atoms with van der Waals surface area (Å²) in [5.41, 5.74) is 23.8. The van der Waals surface area contributed by atoms with Crippen molar-refractivity contribution in [3.05, 3.63) is 152 Å². The average molecular weight is 1300 g/mol. The van der Waals surface area contributed by atoms with Crippen LogP contribution in [0.15, 0.2) is 61.7 Å². The maximum atomic E-state index is 11.9. The Bertz CT molecular complexity index is 4160. The molecular weight excluding hydrogens is 1230 g/mol. The molecule has 0 radical (unpaired) electrons. The second-order valence-corrected chi connectivity index (χ2v) is 22.4. The number of aliphatic carboxylic acids is 4. The number of carbonyl (C=O) groups excluding carboxylic acids is 4. The summed E-state index contributed by atoms with van der Waals surface area (Å²) >= 11 is 0. The van der Waals surface area contributed by atoms with Crippen LogP contribution in [0.5, 0.6) is 0 Å². The number of nitrogens with one attached hydrogen (secondary N) is 4. The summed E-state index contributed by atoms with van der Waals surface area (Å²) in [5, 5.41) is 47.5. The van der Waals surface area contributed by atoms with Gasteiger partial charge in [0.05, 0.1) is 57.8 Å². The predicted molar refractivity (Wildman–Crippen MR) is 326 cm³/mol. The number of hydrogen-bond acceptors (Lipinski definition) is 13. The minimum atomic E-state index is -1.20. The summed E-state index contributed by atoms with van der Waals surface area (Å²) in [6, 6.07) is 15.5. The van der Waals surface area contributed by atoms with Crippen LogP contribution in [-0.2, 0) is 23.9 Å². The van der Waals surface area contributed by atoms with Crippen LogP contribution >= 0.6 is 0 Å². The van der Waals surface area contributed by atoms with Crippen molar-refractivity contribution in [2.75, 3.05) is 0 Å². The zero-order valence-electron chi connectivity index (χ0n) is 53.5. The van der Waals surface area contributed by atoms with Crippen molar-refractivity contribution in [3.63, 3.8) is 0 Å². The molecule has 16 bridgehead atoms. The molecule has 89 heavy (non-hydrogen) atoms. The first kappa shape index (κ1) is 75.1. The van der Waals surface area contributed by atoms with E-state index in [1.54, 1.807) is 12.2 Å². The first-order valence-corrected chi connectivity index (χ1v) is 28.5. The van der Waals surface area contributed by atoms with Crippen molar-refractivity contribution >= 4 is 125 Å². The molecular formula is C68H66K4N8O9. The van der Waals surface area contributed by atoms with Crippen LogP contribution in [-0.4, -0.2) is 63.7 Å². The summed E-state index contributed by atoms with van der Waals surface area (Å²) < 4.78 is 7.27. The van der Waals surface area contributed by atoms with Gasteiger partial charge in [0.2, 0.25) is 0 Å². The SMILES string of the molecule is C=Cc1c(C)c2cc3[nH]c(cc4nc(cc5nc(cc1[nH]2)C(C)=C5CCC(=O)[O-])C(CCC(=O)[O-])=C4C)c(C)c3C(C)OC(C)c1c(C)c2cc3nc(cc4nc(cc5[nH]c(cc1[nH]2)c(C)c5C=C)C(C)=C4CCC(=O)[O-])C(CCC(=O)[O-])=C3C.[K+].[K+].[K+].[K+]. The van der Waals surface area contributed by atoms with E-state index in [0.717, 1.165) is 122 Å². The molecule has 0 saturated carbocycles. The van der Waals surface area contributed by atoms with Gasteiger partial charge < -0.3 is 64.3 Å². The molecule has 10 rings (SSSR count). The minimum absolute atomic E-state index is 0. The van der Waals surface area contributed by atoms with Crippen LogP contribution in [0, 0.1) is 27.7 Å². The molecule has 0 aromatic carbocycles. The standard InChI is InChI=1S/C68H70N8O9.4K/c1-13-41-31(3)51-27-61-67(37(9)53(75-61)23-47-33(5)43(15-19-63(77)78)57(71-47)29-59-45(17-21-65(81)82)35(7)49(73-59)25-55(41)69-51)39(11)85-40(12)68-38(10)54-24-48-34(6)44(16-20-64(79)80)58(72-48)30-60-46(18-22-66(83)84)36(8)50(74-60)26-56-42(14-2)32(4)52(70-56)28-62(68)76-54;;;;/h13-14,23-30,39-40,69-70,75-76H,1-2,15-22H2,3-12H3,(H,77,78)(H,79,80)(H,81,82)(H,83,84);;;;/q;4*+1/p-4. The van der Waals surface area contributed by atoms with E-state index in [2.05, 4.69) is 45.2 Å². The number of carbonyl (C=O) groups is 4. The van der Waals surface area contributed by atoms with Gasteiger partial charge in [-0.3, -0.25) is 0 Å². The quantitative estimate of drug-likeness (QED) is 0.0690. The Hall–Kier alpha value is -2.93. The van der Waals surface area contributed by atoms with Gasteiger partial charge in [0.1, 0.15) is 0 Å². The number of ether oxygens (including phenoxy) is 1. The Morgan fingerprint density at radius 3 is 0.899 bits per heavy atom. The number of carboxylic acids is 4. The summed E-state index contributed by atoms with van der Waals surface area (Å²) in [6.07, 6.45) is 2.19. The van der Waals surface area contributed by atoms with Gasteiger partial charge >= 0.3 is 206 Å². The van der Waals surface area contributed by atoms with Gasteiger partial charge in [-0.2, -0.15) is 0 Å². The summed E-state index contributed by atoms with van der Waals surface area (Å²) in [4.78, 5) is 82.5. The van der Waals surface area contributed by atoms with Crippen molar-refractivity contribution in [2.45, 2.75) is 133 Å². The first-order valence-electron chi connectivity index (χ1n) is 28.5. The molecule has 4 aliphatic heterocycles. The van der Waals surface area contributed by atoms with Gasteiger partial charge in [0, 0.05) is 90.3 Å². The van der Waals surface area contributed by atoms with Gasteiger partial charge in [0.25, 0.3) is 0 Å². The van der Waals surface area contributed by atoms with Crippen molar-refractivity contribution in [1.29, 1.82) is 0 Å². The van der Waals surface area contributed by atoms with E-state index in [9.17, 15) is 39.6 Å². The van der Waals surface area contributed by atoms with Crippen molar-refractivity contribution in [2.24, 2.45) is 0 Å². The van der Waals surface area contributed by atoms with Gasteiger partial charge in [0.15, 0.2) is 0 Å². The molecule has 4 N–H and O–H groups in total. The van der Waals surface area contributed by atoms with Crippen LogP contribution < -0.4 is 226 Å². The minimum Gasteiger partial charge on any atom is -0.550 e. The molecule has 0 aliphatic carbocycles. The Balaban J connectivity index is 0.00000316. The number of hydrogen-bond donors (Lipinski definition) is 4. The van der Waals surface area contributed by atoms with Crippen LogP contribution in [0.4, 0.5) is 0 Å². The van der Waals surface area contributed by atoms with E-state index in [-0.39, 0.29) is 257 Å². The second kappa shape index (κ2) is 31.5. The topological polar surface area (TPSA) is 284 Å². The largest absolute Gasteiger partial charge is 1.00 e. The fourth-order valence-corrected chi connectivity index (χ4v) is 12.5. The average Bonchev–Trinajstić information content (AvgIpc) is 1.67. The van der Waals surface area contributed by atoms with Crippen LogP contribution in [0.1, 0.15) is 195 Å². The molecule has 6 aromatic heterocycles. The molecule has 436 valence electrons. The van der Waals surface area contributed by atoms with E-state index in [0.29, 0.717) is 56.7 Å². The van der Waals surface area contributed by atoms with Gasteiger partial charge in [-0.1, -0.05) is 25.3 Å². The van der Waals surface area contributed by atoms with E-state index in [1.807, 2.05) is 106 Å². The van der Waals surface area contributed by atoms with Crippen LogP contribution in [0.3, 0.4) is 0 Å². The molecule has 0 spiro atoms. The molecule has 17 nitrogen and oxygen atoms in total. The summed E-state index contributed by atoms with van der Waals surface area (Å²) in [7, 11) is 0. The Kier molecular flexibility index (Phi) is 26.6. The van der Waals surface area contributed by atoms with Crippen LogP contribution in [0.25, 0.3) is 101 Å². The first-order chi connectivity index (χ1) is 40.4. The number of nitrogens with zero attached hydrogens (tertiary/aromatic N) is 4. The smallest absolute Gasteiger partial charge is 0.550 e. The molecule has 0 saturated heterocycles. The monoisotopic (exact) mass is 1290 g/mol. The van der Waals surface area contributed by atoms with E-state index < -0.39 is 36.1 Å². The molecule has 21 heteroatoms. The van der Waals surface area contributed by atoms with E-state index in [4.69, 9.17) is 24.7 Å². The summed E-state index contributed by atoms with van der Waals surface area (Å²) in [5.74, 6) is -4.78.